The molecule has 0 aliphatic rings. The van der Waals surface area contributed by atoms with E-state index in [1.54, 1.807) is 0 Å². The SMILES string of the molecule is CC(O)(C=O)Cc1cc(F)cc(F)c1. The summed E-state index contributed by atoms with van der Waals surface area (Å²) in [6.07, 6.45) is 0.237. The number of aldehydes is 1. The van der Waals surface area contributed by atoms with Crippen molar-refractivity contribution in [2.75, 3.05) is 0 Å². The van der Waals surface area contributed by atoms with Crippen molar-refractivity contribution in [3.8, 4) is 0 Å². The Morgan fingerprint density at radius 2 is 1.86 bits per heavy atom. The maximum absolute atomic E-state index is 12.7. The fraction of sp³-hybridized carbons (Fsp3) is 0.300. The molecule has 1 unspecified atom stereocenters. The second kappa shape index (κ2) is 3.84. The number of benzene rings is 1. The molecule has 0 amide bonds. The summed E-state index contributed by atoms with van der Waals surface area (Å²) >= 11 is 0. The molecule has 0 aliphatic carbocycles. The summed E-state index contributed by atoms with van der Waals surface area (Å²) in [5.74, 6) is -1.44. The molecule has 1 aromatic rings. The summed E-state index contributed by atoms with van der Waals surface area (Å²) < 4.78 is 25.4. The van der Waals surface area contributed by atoms with Gasteiger partial charge in [0.05, 0.1) is 0 Å². The van der Waals surface area contributed by atoms with E-state index in [9.17, 15) is 18.7 Å². The van der Waals surface area contributed by atoms with Crippen molar-refractivity contribution in [3.05, 3.63) is 35.4 Å². The summed E-state index contributed by atoms with van der Waals surface area (Å²) in [6.45, 7) is 1.28. The monoisotopic (exact) mass is 200 g/mol. The van der Waals surface area contributed by atoms with Crippen LogP contribution in [0.1, 0.15) is 12.5 Å². The summed E-state index contributed by atoms with van der Waals surface area (Å²) in [4.78, 5) is 10.4. The molecule has 0 spiro atoms. The van der Waals surface area contributed by atoms with Gasteiger partial charge in [0, 0.05) is 12.5 Å². The normalized spacial score (nSPS) is 14.9. The first-order valence-corrected chi connectivity index (χ1v) is 4.07. The molecule has 1 rings (SSSR count). The molecule has 14 heavy (non-hydrogen) atoms. The maximum atomic E-state index is 12.7. The molecular weight excluding hydrogens is 190 g/mol. The molecule has 0 fully saturated rings. The van der Waals surface area contributed by atoms with Crippen molar-refractivity contribution in [2.45, 2.75) is 18.9 Å². The van der Waals surface area contributed by atoms with Gasteiger partial charge in [0.1, 0.15) is 17.2 Å². The van der Waals surface area contributed by atoms with E-state index in [1.165, 1.54) is 6.92 Å². The van der Waals surface area contributed by atoms with Crippen molar-refractivity contribution in [3.63, 3.8) is 0 Å². The lowest BCUT2D eigenvalue weighted by Crippen LogP contribution is -2.28. The minimum atomic E-state index is -1.58. The van der Waals surface area contributed by atoms with Crippen molar-refractivity contribution >= 4 is 6.29 Å². The van der Waals surface area contributed by atoms with Crippen LogP contribution in [0.3, 0.4) is 0 Å². The minimum absolute atomic E-state index is 0.106. The number of aliphatic hydroxyl groups is 1. The Kier molecular flexibility index (Phi) is 2.96. The van der Waals surface area contributed by atoms with E-state index in [0.29, 0.717) is 6.29 Å². The predicted octanol–water partition coefficient (Wildman–Crippen LogP) is 1.46. The summed E-state index contributed by atoms with van der Waals surface area (Å²) in [6, 6.07) is 2.90. The van der Waals surface area contributed by atoms with E-state index >= 15 is 0 Å². The molecule has 0 aliphatic heterocycles. The first kappa shape index (κ1) is 10.8. The zero-order valence-corrected chi connectivity index (χ0v) is 7.63. The van der Waals surface area contributed by atoms with Crippen LogP contribution in [-0.2, 0) is 11.2 Å². The second-order valence-corrected chi connectivity index (χ2v) is 3.43. The number of rotatable bonds is 3. The smallest absolute Gasteiger partial charge is 0.151 e. The van der Waals surface area contributed by atoms with Crippen molar-refractivity contribution in [2.24, 2.45) is 0 Å². The van der Waals surface area contributed by atoms with Crippen molar-refractivity contribution in [1.82, 2.24) is 0 Å². The minimum Gasteiger partial charge on any atom is -0.382 e. The van der Waals surface area contributed by atoms with E-state index < -0.39 is 17.2 Å². The highest BCUT2D eigenvalue weighted by Gasteiger charge is 2.20. The van der Waals surface area contributed by atoms with Crippen LogP contribution in [0, 0.1) is 11.6 Å². The highest BCUT2D eigenvalue weighted by molar-refractivity contribution is 5.62. The Morgan fingerprint density at radius 1 is 1.36 bits per heavy atom. The number of carbonyl (C=O) groups is 1. The topological polar surface area (TPSA) is 37.3 Å². The summed E-state index contributed by atoms with van der Waals surface area (Å²) in [7, 11) is 0. The Hall–Kier alpha value is -1.29. The standard InChI is InChI=1S/C10H10F2O2/c1-10(14,6-13)5-7-2-8(11)4-9(12)3-7/h2-4,6,14H,5H2,1H3. The van der Waals surface area contributed by atoms with Crippen LogP contribution in [0.15, 0.2) is 18.2 Å². The second-order valence-electron chi connectivity index (χ2n) is 3.43. The molecule has 0 aromatic heterocycles. The van der Waals surface area contributed by atoms with Gasteiger partial charge in [-0.05, 0) is 24.6 Å². The molecule has 0 bridgehead atoms. The van der Waals surface area contributed by atoms with Gasteiger partial charge in [-0.3, -0.25) is 0 Å². The van der Waals surface area contributed by atoms with Gasteiger partial charge in [-0.15, -0.1) is 0 Å². The lowest BCUT2D eigenvalue weighted by atomic mass is 9.98. The van der Waals surface area contributed by atoms with E-state index in [0.717, 1.165) is 18.2 Å². The van der Waals surface area contributed by atoms with Crippen LogP contribution in [-0.4, -0.2) is 17.0 Å². The number of carbonyl (C=O) groups excluding carboxylic acids is 1. The summed E-state index contributed by atoms with van der Waals surface area (Å²) in [5, 5.41) is 9.35. The van der Waals surface area contributed by atoms with Gasteiger partial charge < -0.3 is 9.90 Å². The molecule has 0 heterocycles. The number of halogens is 2. The highest BCUT2D eigenvalue weighted by atomic mass is 19.1. The van der Waals surface area contributed by atoms with Gasteiger partial charge >= 0.3 is 0 Å². The van der Waals surface area contributed by atoms with Crippen LogP contribution in [0.2, 0.25) is 0 Å². The van der Waals surface area contributed by atoms with Crippen LogP contribution in [0.25, 0.3) is 0 Å². The third-order valence-corrected chi connectivity index (χ3v) is 1.74. The van der Waals surface area contributed by atoms with Gasteiger partial charge in [0.25, 0.3) is 0 Å². The van der Waals surface area contributed by atoms with Gasteiger partial charge in [0.15, 0.2) is 6.29 Å². The molecule has 0 radical (unpaired) electrons. The maximum Gasteiger partial charge on any atom is 0.151 e. The van der Waals surface area contributed by atoms with Crippen molar-refractivity contribution < 1.29 is 18.7 Å². The molecule has 0 saturated carbocycles. The average molecular weight is 200 g/mol. The average Bonchev–Trinajstić information content (AvgIpc) is 2.01. The molecule has 2 nitrogen and oxygen atoms in total. The van der Waals surface area contributed by atoms with Crippen LogP contribution < -0.4 is 0 Å². The molecule has 4 heteroatoms. The Labute approximate surface area is 80.2 Å². The molecule has 1 N–H and O–H groups in total. The number of hydrogen-bond acceptors (Lipinski definition) is 2. The van der Waals surface area contributed by atoms with Gasteiger partial charge in [-0.2, -0.15) is 0 Å². The van der Waals surface area contributed by atoms with Gasteiger partial charge in [0.2, 0.25) is 0 Å². The first-order valence-electron chi connectivity index (χ1n) is 4.07. The Bertz CT molecular complexity index is 328. The lowest BCUT2D eigenvalue weighted by Gasteiger charge is -2.15. The molecule has 76 valence electrons. The summed E-state index contributed by atoms with van der Waals surface area (Å²) in [5.41, 5.74) is -1.33. The zero-order chi connectivity index (χ0) is 10.8. The lowest BCUT2D eigenvalue weighted by molar-refractivity contribution is -0.122. The Morgan fingerprint density at radius 3 is 2.29 bits per heavy atom. The number of hydrogen-bond donors (Lipinski definition) is 1. The highest BCUT2D eigenvalue weighted by Crippen LogP contribution is 2.14. The largest absolute Gasteiger partial charge is 0.382 e. The van der Waals surface area contributed by atoms with Crippen LogP contribution in [0.4, 0.5) is 8.78 Å². The van der Waals surface area contributed by atoms with E-state index in [-0.39, 0.29) is 12.0 Å². The van der Waals surface area contributed by atoms with Gasteiger partial charge in [-0.25, -0.2) is 8.78 Å². The predicted molar refractivity (Wildman–Crippen MR) is 46.7 cm³/mol. The van der Waals surface area contributed by atoms with Crippen molar-refractivity contribution in [1.29, 1.82) is 0 Å². The molecular formula is C10H10F2O2. The van der Waals surface area contributed by atoms with E-state index in [2.05, 4.69) is 0 Å². The van der Waals surface area contributed by atoms with E-state index in [1.807, 2.05) is 0 Å². The third kappa shape index (κ3) is 2.88. The molecule has 0 saturated heterocycles. The fourth-order valence-electron chi connectivity index (χ4n) is 1.17. The van der Waals surface area contributed by atoms with Gasteiger partial charge in [-0.1, -0.05) is 0 Å². The zero-order valence-electron chi connectivity index (χ0n) is 7.63. The molecule has 1 atom stereocenters. The Balaban J connectivity index is 2.92. The fourth-order valence-corrected chi connectivity index (χ4v) is 1.17. The van der Waals surface area contributed by atoms with E-state index in [4.69, 9.17) is 0 Å². The third-order valence-electron chi connectivity index (χ3n) is 1.74. The first-order chi connectivity index (χ1) is 6.43. The van der Waals surface area contributed by atoms with Crippen LogP contribution in [0.5, 0.6) is 0 Å². The molecule has 1 aromatic carbocycles. The van der Waals surface area contributed by atoms with Crippen LogP contribution >= 0.6 is 0 Å². The quantitative estimate of drug-likeness (QED) is 0.750.